The highest BCUT2D eigenvalue weighted by atomic mass is 32.2. The van der Waals surface area contributed by atoms with E-state index in [1.54, 1.807) is 31.2 Å². The van der Waals surface area contributed by atoms with Gasteiger partial charge in [0.05, 0.1) is 34.8 Å². The summed E-state index contributed by atoms with van der Waals surface area (Å²) in [5.41, 5.74) is 8.83. The Balaban J connectivity index is 1.43. The summed E-state index contributed by atoms with van der Waals surface area (Å²) in [5.74, 6) is -1.22. The quantitative estimate of drug-likeness (QED) is 0.169. The van der Waals surface area contributed by atoms with Crippen LogP contribution in [0.1, 0.15) is 56.9 Å². The number of nitrogen functional groups attached to an aromatic ring is 1. The van der Waals surface area contributed by atoms with Gasteiger partial charge in [-0.25, -0.2) is 27.8 Å². The van der Waals surface area contributed by atoms with E-state index < -0.39 is 27.7 Å². The molecule has 2 aromatic carbocycles. The zero-order valence-corrected chi connectivity index (χ0v) is 25.4. The molecule has 12 nitrogen and oxygen atoms in total. The van der Waals surface area contributed by atoms with Crippen LogP contribution in [0.15, 0.2) is 67.0 Å². The maximum absolute atomic E-state index is 13.3. The number of hydrogen-bond acceptors (Lipinski definition) is 10. The molecular weight excluding hydrogens is 599 g/mol. The molecule has 4 rings (SSSR count). The number of benzene rings is 2. The van der Waals surface area contributed by atoms with Gasteiger partial charge in [-0.3, -0.25) is 9.59 Å². The zero-order valence-electron chi connectivity index (χ0n) is 24.5. The predicted molar refractivity (Wildman–Crippen MR) is 167 cm³/mol. The lowest BCUT2D eigenvalue weighted by Gasteiger charge is -2.16. The van der Waals surface area contributed by atoms with Crippen molar-refractivity contribution in [3.05, 3.63) is 101 Å². The van der Waals surface area contributed by atoms with Gasteiger partial charge in [0.2, 0.25) is 0 Å². The Labute approximate surface area is 259 Å². The van der Waals surface area contributed by atoms with Crippen LogP contribution < -0.4 is 21.7 Å². The second kappa shape index (κ2) is 14.4. The largest absolute Gasteiger partial charge is 0.382 e. The summed E-state index contributed by atoms with van der Waals surface area (Å²) in [7, 11) is -3.14. The Morgan fingerprint density at radius 2 is 1.76 bits per heavy atom. The first-order valence-corrected chi connectivity index (χ1v) is 15.9. The third kappa shape index (κ3) is 9.04. The lowest BCUT2D eigenvalue weighted by Crippen LogP contribution is -2.28. The van der Waals surface area contributed by atoms with Crippen molar-refractivity contribution in [1.29, 1.82) is 5.26 Å². The maximum Gasteiger partial charge on any atom is 0.273 e. The molecule has 0 aliphatic carbocycles. The van der Waals surface area contributed by atoms with Gasteiger partial charge < -0.3 is 21.7 Å². The van der Waals surface area contributed by atoms with E-state index in [0.717, 1.165) is 11.8 Å². The molecule has 2 amide bonds. The Morgan fingerprint density at radius 1 is 1.04 bits per heavy atom. The van der Waals surface area contributed by atoms with Gasteiger partial charge in [0, 0.05) is 31.1 Å². The molecule has 0 saturated heterocycles. The van der Waals surface area contributed by atoms with Gasteiger partial charge in [0.15, 0.2) is 11.5 Å². The molecule has 2 heterocycles. The lowest BCUT2D eigenvalue weighted by molar-refractivity contribution is 0.0935. The zero-order chi connectivity index (χ0) is 32.6. The molecule has 0 aliphatic heterocycles. The summed E-state index contributed by atoms with van der Waals surface area (Å²) < 4.78 is 35.9. The molecule has 0 radical (unpaired) electrons. The molecule has 0 unspecified atom stereocenters. The molecule has 5 N–H and O–H groups in total. The summed E-state index contributed by atoms with van der Waals surface area (Å²) in [4.78, 5) is 38.5. The predicted octanol–water partition coefficient (Wildman–Crippen LogP) is 3.40. The summed E-state index contributed by atoms with van der Waals surface area (Å²) in [6.07, 6.45) is 4.20. The van der Waals surface area contributed by atoms with Crippen LogP contribution in [0, 0.1) is 17.1 Å². The number of rotatable bonds is 12. The molecule has 0 spiro atoms. The number of nitrogens with zero attached hydrogens (tertiary/aromatic N) is 4. The van der Waals surface area contributed by atoms with E-state index in [4.69, 9.17) is 5.73 Å². The smallest absolute Gasteiger partial charge is 0.273 e. The fraction of sp³-hybridized carbons (Fsp3) is 0.226. The molecule has 0 bridgehead atoms. The van der Waals surface area contributed by atoms with Gasteiger partial charge in [-0.15, -0.1) is 0 Å². The van der Waals surface area contributed by atoms with Gasteiger partial charge in [0.25, 0.3) is 11.8 Å². The highest BCUT2D eigenvalue weighted by Crippen LogP contribution is 2.22. The van der Waals surface area contributed by atoms with Crippen LogP contribution in [0.25, 0.3) is 11.3 Å². The number of sulfone groups is 1. The van der Waals surface area contributed by atoms with Crippen molar-refractivity contribution in [2.45, 2.75) is 25.9 Å². The minimum atomic E-state index is -3.14. The minimum Gasteiger partial charge on any atom is -0.382 e. The SMILES string of the molecule is C[C@H](NC(=O)c1cc(C#N)cnc1NCc1ccc(-c2cnc(N)c(C(=O)NCCCS(C)(=O)=O)n2)cc1)c1ccc(F)cc1. The van der Waals surface area contributed by atoms with E-state index >= 15 is 0 Å². The summed E-state index contributed by atoms with van der Waals surface area (Å²) in [5, 5.41) is 18.0. The summed E-state index contributed by atoms with van der Waals surface area (Å²) in [6.45, 7) is 2.20. The lowest BCUT2D eigenvalue weighted by atomic mass is 10.1. The number of aromatic nitrogens is 3. The third-order valence-electron chi connectivity index (χ3n) is 6.68. The van der Waals surface area contributed by atoms with E-state index in [-0.39, 0.29) is 53.0 Å². The van der Waals surface area contributed by atoms with Crippen LogP contribution in [-0.2, 0) is 16.4 Å². The Hall–Kier alpha value is -5.42. The van der Waals surface area contributed by atoms with Crippen molar-refractivity contribution < 1.29 is 22.4 Å². The Bertz CT molecular complexity index is 1840. The van der Waals surface area contributed by atoms with E-state index in [1.807, 2.05) is 18.2 Å². The number of carbonyl (C=O) groups excluding carboxylic acids is 2. The first-order chi connectivity index (χ1) is 21.4. The molecule has 2 aromatic heterocycles. The number of halogens is 1. The first kappa shape index (κ1) is 32.5. The molecule has 232 valence electrons. The van der Waals surface area contributed by atoms with E-state index in [0.29, 0.717) is 23.4 Å². The van der Waals surface area contributed by atoms with Crippen molar-refractivity contribution in [3.63, 3.8) is 0 Å². The summed E-state index contributed by atoms with van der Waals surface area (Å²) in [6, 6.07) is 16.0. The van der Waals surface area contributed by atoms with Crippen LogP contribution >= 0.6 is 0 Å². The average molecular weight is 631 g/mol. The normalized spacial score (nSPS) is 11.7. The number of nitrogens with two attached hydrogens (primary N) is 1. The molecule has 45 heavy (non-hydrogen) atoms. The van der Waals surface area contributed by atoms with Crippen LogP contribution in [-0.4, -0.2) is 53.7 Å². The molecule has 0 fully saturated rings. The van der Waals surface area contributed by atoms with Crippen molar-refractivity contribution in [3.8, 4) is 17.3 Å². The Morgan fingerprint density at radius 3 is 2.42 bits per heavy atom. The maximum atomic E-state index is 13.3. The molecule has 14 heteroatoms. The van der Waals surface area contributed by atoms with E-state index in [2.05, 4.69) is 30.9 Å². The second-order valence-electron chi connectivity index (χ2n) is 10.3. The van der Waals surface area contributed by atoms with Crippen molar-refractivity contribution in [1.82, 2.24) is 25.6 Å². The van der Waals surface area contributed by atoms with E-state index in [9.17, 15) is 27.7 Å². The fourth-order valence-electron chi connectivity index (χ4n) is 4.25. The number of anilines is 2. The third-order valence-corrected chi connectivity index (χ3v) is 7.71. The fourth-order valence-corrected chi connectivity index (χ4v) is 4.92. The molecule has 0 saturated carbocycles. The number of pyridine rings is 1. The van der Waals surface area contributed by atoms with Crippen molar-refractivity contribution in [2.24, 2.45) is 0 Å². The second-order valence-corrected chi connectivity index (χ2v) is 12.5. The summed E-state index contributed by atoms with van der Waals surface area (Å²) >= 11 is 0. The minimum absolute atomic E-state index is 0.0534. The number of nitrogens with one attached hydrogen (secondary N) is 3. The van der Waals surface area contributed by atoms with Crippen molar-refractivity contribution in [2.75, 3.05) is 29.6 Å². The Kier molecular flexibility index (Phi) is 10.4. The molecule has 4 aromatic rings. The number of nitriles is 1. The van der Waals surface area contributed by atoms with E-state index in [1.165, 1.54) is 30.6 Å². The van der Waals surface area contributed by atoms with Gasteiger partial charge in [-0.2, -0.15) is 5.26 Å². The molecular formula is C31H31FN8O4S. The van der Waals surface area contributed by atoms with Crippen molar-refractivity contribution >= 4 is 33.3 Å². The standard InChI is InChI=1S/C31H31FN8O4S/c1-19(22-8-10-24(32)11-9-22)39-30(41)25-14-21(15-33)17-38-29(25)37-16-20-4-6-23(7-5-20)26-18-36-28(34)27(40-26)31(42)35-12-3-13-45(2,43)44/h4-11,14,17-19H,3,12-13,16H2,1-2H3,(H2,34,36)(H,35,42)(H,37,38)(H,39,41)/t19-/m0/s1. The number of hydrogen-bond donors (Lipinski definition) is 4. The first-order valence-electron chi connectivity index (χ1n) is 13.8. The van der Waals surface area contributed by atoms with Crippen LogP contribution in [0.3, 0.4) is 0 Å². The molecule has 1 atom stereocenters. The molecule has 0 aliphatic rings. The van der Waals surface area contributed by atoms with Gasteiger partial charge >= 0.3 is 0 Å². The van der Waals surface area contributed by atoms with Crippen LogP contribution in [0.5, 0.6) is 0 Å². The van der Waals surface area contributed by atoms with Gasteiger partial charge in [0.1, 0.15) is 27.5 Å². The van der Waals surface area contributed by atoms with Crippen LogP contribution in [0.4, 0.5) is 16.0 Å². The van der Waals surface area contributed by atoms with Gasteiger partial charge in [-0.05, 0) is 42.7 Å². The van der Waals surface area contributed by atoms with Gasteiger partial charge in [-0.1, -0.05) is 36.4 Å². The highest BCUT2D eigenvalue weighted by molar-refractivity contribution is 7.90. The highest BCUT2D eigenvalue weighted by Gasteiger charge is 2.18. The average Bonchev–Trinajstić information content (AvgIpc) is 3.02. The van der Waals surface area contributed by atoms with Crippen LogP contribution in [0.2, 0.25) is 0 Å². The monoisotopic (exact) mass is 630 g/mol. The number of amides is 2. The topological polar surface area (TPSA) is 193 Å². The number of carbonyl (C=O) groups is 2.